The summed E-state index contributed by atoms with van der Waals surface area (Å²) in [7, 11) is 4.18. The molecule has 0 spiro atoms. The van der Waals surface area contributed by atoms with Crippen LogP contribution in [0.4, 0.5) is 0 Å². The van der Waals surface area contributed by atoms with Crippen LogP contribution in [0.25, 0.3) is 22.1 Å². The smallest absolute Gasteiger partial charge is 0.169 e. The Kier molecular flexibility index (Phi) is 5.27. The Morgan fingerprint density at radius 3 is 1.43 bits per heavy atom. The molecule has 4 nitrogen and oxygen atoms in total. The minimum Gasteiger partial charge on any atom is -0.322 e. The van der Waals surface area contributed by atoms with Crippen LogP contribution in [0.1, 0.15) is 11.1 Å². The topological polar surface area (TPSA) is 35.6 Å². The van der Waals surface area contributed by atoms with Gasteiger partial charge in [-0.1, -0.05) is 72.1 Å². The molecule has 2 aromatic heterocycles. The highest BCUT2D eigenvalue weighted by Gasteiger charge is 2.12. The maximum absolute atomic E-state index is 4.79. The van der Waals surface area contributed by atoms with Gasteiger partial charge in [0.25, 0.3) is 0 Å². The van der Waals surface area contributed by atoms with Crippen LogP contribution < -0.4 is 0 Å². The highest BCUT2D eigenvalue weighted by molar-refractivity contribution is 7.98. The molecule has 0 unspecified atom stereocenters. The lowest BCUT2D eigenvalue weighted by atomic mass is 10.1. The first-order valence-electron chi connectivity index (χ1n) is 9.86. The van der Waals surface area contributed by atoms with Gasteiger partial charge in [-0.25, -0.2) is 9.97 Å². The Hall–Kier alpha value is -2.70. The average molecular weight is 431 g/mol. The number of nitrogens with zero attached hydrogens (tertiary/aromatic N) is 4. The predicted molar refractivity (Wildman–Crippen MR) is 127 cm³/mol. The van der Waals surface area contributed by atoms with Crippen molar-refractivity contribution in [3.05, 3.63) is 83.9 Å². The normalized spacial score (nSPS) is 11.5. The lowest BCUT2D eigenvalue weighted by Crippen LogP contribution is -1.95. The molecule has 0 atom stereocenters. The molecule has 5 rings (SSSR count). The maximum Gasteiger partial charge on any atom is 0.169 e. The third-order valence-electron chi connectivity index (χ3n) is 5.32. The number of imidazole rings is 2. The summed E-state index contributed by atoms with van der Waals surface area (Å²) >= 11 is 3.58. The standard InChI is InChI=1S/C24H22N4S2/c1-27-21-13-7-5-11-19(21)25-23(27)29-15-17-9-3-4-10-18(17)16-30-24-26-20-12-6-8-14-22(20)28(24)2/h3-14H,15-16H2,1-2H3. The van der Waals surface area contributed by atoms with E-state index in [2.05, 4.69) is 83.9 Å². The number of fused-ring (bicyclic) bond motifs is 2. The number of benzene rings is 3. The molecule has 0 amide bonds. The zero-order chi connectivity index (χ0) is 20.5. The molecule has 0 N–H and O–H groups in total. The zero-order valence-electron chi connectivity index (χ0n) is 16.9. The van der Waals surface area contributed by atoms with E-state index in [0.717, 1.165) is 32.9 Å². The third-order valence-corrected chi connectivity index (χ3v) is 7.48. The van der Waals surface area contributed by atoms with Gasteiger partial charge in [-0.05, 0) is 35.4 Å². The van der Waals surface area contributed by atoms with Gasteiger partial charge in [0.2, 0.25) is 0 Å². The molecule has 0 radical (unpaired) electrons. The number of aromatic nitrogens is 4. The fraction of sp³-hybridized carbons (Fsp3) is 0.167. The number of rotatable bonds is 6. The van der Waals surface area contributed by atoms with E-state index in [0.29, 0.717) is 0 Å². The van der Waals surface area contributed by atoms with E-state index in [-0.39, 0.29) is 0 Å². The van der Waals surface area contributed by atoms with E-state index >= 15 is 0 Å². The number of hydrogen-bond acceptors (Lipinski definition) is 4. The van der Waals surface area contributed by atoms with Crippen LogP contribution in [0.5, 0.6) is 0 Å². The van der Waals surface area contributed by atoms with Crippen molar-refractivity contribution in [1.29, 1.82) is 0 Å². The van der Waals surface area contributed by atoms with Gasteiger partial charge in [0, 0.05) is 25.6 Å². The summed E-state index contributed by atoms with van der Waals surface area (Å²) in [5, 5.41) is 2.10. The van der Waals surface area contributed by atoms with Crippen LogP contribution >= 0.6 is 23.5 Å². The summed E-state index contributed by atoms with van der Waals surface area (Å²) in [5.74, 6) is 1.80. The van der Waals surface area contributed by atoms with Crippen molar-refractivity contribution >= 4 is 45.6 Å². The van der Waals surface area contributed by atoms with Gasteiger partial charge in [-0.15, -0.1) is 0 Å². The summed E-state index contributed by atoms with van der Waals surface area (Å²) in [6, 6.07) is 25.3. The van der Waals surface area contributed by atoms with E-state index < -0.39 is 0 Å². The fourth-order valence-electron chi connectivity index (χ4n) is 3.63. The Morgan fingerprint density at radius 1 is 0.600 bits per heavy atom. The molecule has 2 heterocycles. The van der Waals surface area contributed by atoms with Crippen LogP contribution in [-0.4, -0.2) is 19.1 Å². The van der Waals surface area contributed by atoms with E-state index in [9.17, 15) is 0 Å². The second-order valence-electron chi connectivity index (χ2n) is 7.23. The predicted octanol–water partition coefficient (Wildman–Crippen LogP) is 6.04. The molecule has 30 heavy (non-hydrogen) atoms. The molecule has 5 aromatic rings. The first-order chi connectivity index (χ1) is 14.7. The van der Waals surface area contributed by atoms with Crippen molar-refractivity contribution in [2.45, 2.75) is 21.8 Å². The molecular formula is C24H22N4S2. The third kappa shape index (κ3) is 3.61. The molecule has 0 saturated heterocycles. The molecule has 0 bridgehead atoms. The first kappa shape index (κ1) is 19.3. The SMILES string of the molecule is Cn1c(SCc2ccccc2CSc2nc3ccccc3n2C)nc2ccccc21. The number of hydrogen-bond donors (Lipinski definition) is 0. The average Bonchev–Trinajstić information content (AvgIpc) is 3.28. The molecule has 6 heteroatoms. The Morgan fingerprint density at radius 2 is 1.00 bits per heavy atom. The molecule has 0 aliphatic carbocycles. The van der Waals surface area contributed by atoms with Gasteiger partial charge in [-0.2, -0.15) is 0 Å². The monoisotopic (exact) mass is 430 g/mol. The van der Waals surface area contributed by atoms with Gasteiger partial charge >= 0.3 is 0 Å². The molecule has 0 aliphatic heterocycles. The Bertz CT molecular complexity index is 1230. The molecule has 0 fully saturated rings. The number of aryl methyl sites for hydroxylation is 2. The quantitative estimate of drug-likeness (QED) is 0.308. The minimum atomic E-state index is 0.899. The Labute approximate surface area is 184 Å². The molecule has 3 aromatic carbocycles. The van der Waals surface area contributed by atoms with Crippen LogP contribution in [0.15, 0.2) is 83.1 Å². The largest absolute Gasteiger partial charge is 0.322 e. The lowest BCUT2D eigenvalue weighted by Gasteiger charge is -2.09. The molecule has 150 valence electrons. The highest BCUT2D eigenvalue weighted by Crippen LogP contribution is 2.30. The number of thioether (sulfide) groups is 2. The van der Waals surface area contributed by atoms with Gasteiger partial charge in [0.1, 0.15) is 0 Å². The van der Waals surface area contributed by atoms with Crippen molar-refractivity contribution in [1.82, 2.24) is 19.1 Å². The van der Waals surface area contributed by atoms with Gasteiger partial charge in [-0.3, -0.25) is 0 Å². The minimum absolute atomic E-state index is 0.899. The first-order valence-corrected chi connectivity index (χ1v) is 11.8. The lowest BCUT2D eigenvalue weighted by molar-refractivity contribution is 0.814. The van der Waals surface area contributed by atoms with Gasteiger partial charge < -0.3 is 9.13 Å². The van der Waals surface area contributed by atoms with E-state index in [4.69, 9.17) is 9.97 Å². The summed E-state index contributed by atoms with van der Waals surface area (Å²) < 4.78 is 4.35. The molecule has 0 aliphatic rings. The second-order valence-corrected chi connectivity index (χ2v) is 9.12. The zero-order valence-corrected chi connectivity index (χ0v) is 18.6. The van der Waals surface area contributed by atoms with Crippen molar-refractivity contribution in [3.8, 4) is 0 Å². The summed E-state index contributed by atoms with van der Waals surface area (Å²) in [6.45, 7) is 0. The fourth-order valence-corrected chi connectivity index (χ4v) is 5.67. The summed E-state index contributed by atoms with van der Waals surface area (Å²) in [6.07, 6.45) is 0. The van der Waals surface area contributed by atoms with Crippen LogP contribution in [-0.2, 0) is 25.6 Å². The van der Waals surface area contributed by atoms with Gasteiger partial charge in [0.05, 0.1) is 22.1 Å². The van der Waals surface area contributed by atoms with E-state index in [1.807, 2.05) is 12.1 Å². The van der Waals surface area contributed by atoms with Crippen molar-refractivity contribution in [2.24, 2.45) is 14.1 Å². The van der Waals surface area contributed by atoms with Crippen LogP contribution in [0.3, 0.4) is 0 Å². The highest BCUT2D eigenvalue weighted by atomic mass is 32.2. The van der Waals surface area contributed by atoms with Crippen molar-refractivity contribution in [3.63, 3.8) is 0 Å². The van der Waals surface area contributed by atoms with Crippen molar-refractivity contribution < 1.29 is 0 Å². The molecular weight excluding hydrogens is 408 g/mol. The van der Waals surface area contributed by atoms with Crippen LogP contribution in [0, 0.1) is 0 Å². The van der Waals surface area contributed by atoms with Crippen LogP contribution in [0.2, 0.25) is 0 Å². The maximum atomic E-state index is 4.79. The van der Waals surface area contributed by atoms with Gasteiger partial charge in [0.15, 0.2) is 10.3 Å². The van der Waals surface area contributed by atoms with E-state index in [1.165, 1.54) is 22.2 Å². The molecule has 0 saturated carbocycles. The van der Waals surface area contributed by atoms with Crippen molar-refractivity contribution in [2.75, 3.05) is 0 Å². The van der Waals surface area contributed by atoms with E-state index in [1.54, 1.807) is 23.5 Å². The summed E-state index contributed by atoms with van der Waals surface area (Å²) in [4.78, 5) is 9.59. The Balaban J connectivity index is 1.33. The number of para-hydroxylation sites is 4. The second kappa shape index (κ2) is 8.20. The summed E-state index contributed by atoms with van der Waals surface area (Å²) in [5.41, 5.74) is 7.14.